The minimum Gasteiger partial charge on any atom is -0.384 e. The smallest absolute Gasteiger partial charge is 0.175 e. The molecule has 0 amide bonds. The summed E-state index contributed by atoms with van der Waals surface area (Å²) in [6.07, 6.45) is 1.84. The fourth-order valence-electron chi connectivity index (χ4n) is 2.02. The number of nitrogens with zero attached hydrogens (tertiary/aromatic N) is 4. The van der Waals surface area contributed by atoms with E-state index in [1.807, 2.05) is 48.1 Å². The van der Waals surface area contributed by atoms with Crippen LogP contribution in [-0.2, 0) is 5.60 Å². The van der Waals surface area contributed by atoms with Gasteiger partial charge in [-0.2, -0.15) is 16.4 Å². The normalized spacial score (nSPS) is 13.8. The summed E-state index contributed by atoms with van der Waals surface area (Å²) in [5.41, 5.74) is 0.872. The molecule has 0 saturated heterocycles. The van der Waals surface area contributed by atoms with Crippen LogP contribution in [0.3, 0.4) is 0 Å². The molecule has 0 radical (unpaired) electrons. The topological polar surface area (TPSA) is 75.9 Å². The molecule has 0 bridgehead atoms. The molecule has 0 aliphatic heterocycles. The van der Waals surface area contributed by atoms with E-state index in [4.69, 9.17) is 0 Å². The lowest BCUT2D eigenvalue weighted by Crippen LogP contribution is -2.30. The maximum atomic E-state index is 10.5. The van der Waals surface area contributed by atoms with Gasteiger partial charge in [-0.25, -0.2) is 4.68 Å². The van der Waals surface area contributed by atoms with Crippen molar-refractivity contribution in [2.75, 3.05) is 11.9 Å². The molecule has 6 nitrogen and oxygen atoms in total. The zero-order valence-electron chi connectivity index (χ0n) is 12.4. The van der Waals surface area contributed by atoms with Crippen LogP contribution in [0.4, 0.5) is 5.82 Å². The maximum Gasteiger partial charge on any atom is 0.175 e. The van der Waals surface area contributed by atoms with E-state index < -0.39 is 5.60 Å². The van der Waals surface area contributed by atoms with Gasteiger partial charge in [-0.1, -0.05) is 0 Å². The lowest BCUT2D eigenvalue weighted by atomic mass is 9.99. The number of hydrogen-bond donors (Lipinski definition) is 2. The average molecular weight is 315 g/mol. The number of thiophene rings is 1. The number of aromatic nitrogens is 4. The van der Waals surface area contributed by atoms with Crippen molar-refractivity contribution in [2.24, 2.45) is 0 Å². The van der Waals surface area contributed by atoms with Crippen molar-refractivity contribution in [3.63, 3.8) is 0 Å². The Morgan fingerprint density at radius 2 is 2.14 bits per heavy atom. The van der Waals surface area contributed by atoms with Crippen LogP contribution in [0.2, 0.25) is 0 Å². The number of anilines is 1. The second-order valence-electron chi connectivity index (χ2n) is 5.32. The highest BCUT2D eigenvalue weighted by Crippen LogP contribution is 2.23. The number of nitrogens with one attached hydrogen (secondary N) is 1. The highest BCUT2D eigenvalue weighted by atomic mass is 32.1. The fraction of sp³-hybridized carbons (Fsp3) is 0.267. The van der Waals surface area contributed by atoms with Gasteiger partial charge >= 0.3 is 0 Å². The van der Waals surface area contributed by atoms with Gasteiger partial charge in [0, 0.05) is 12.7 Å². The highest BCUT2D eigenvalue weighted by Gasteiger charge is 2.23. The molecular weight excluding hydrogens is 298 g/mol. The first kappa shape index (κ1) is 14.7. The highest BCUT2D eigenvalue weighted by molar-refractivity contribution is 7.08. The standard InChI is InChI=1S/C15H17N5OS/c1-11-5-7-20(19-11)14-4-3-13(17-18-14)16-10-15(2,21)12-6-8-22-9-12/h3-9,21H,10H2,1-2H3,(H,16,17). The summed E-state index contributed by atoms with van der Waals surface area (Å²) in [7, 11) is 0. The van der Waals surface area contributed by atoms with Crippen LogP contribution in [0.5, 0.6) is 0 Å². The molecule has 2 N–H and O–H groups in total. The van der Waals surface area contributed by atoms with Crippen molar-refractivity contribution in [1.82, 2.24) is 20.0 Å². The first-order chi connectivity index (χ1) is 10.5. The Bertz CT molecular complexity index is 734. The van der Waals surface area contributed by atoms with Gasteiger partial charge in [0.15, 0.2) is 5.82 Å². The molecule has 0 fully saturated rings. The van der Waals surface area contributed by atoms with E-state index in [-0.39, 0.29) is 0 Å². The summed E-state index contributed by atoms with van der Waals surface area (Å²) in [6.45, 7) is 4.06. The largest absolute Gasteiger partial charge is 0.384 e. The molecule has 3 rings (SSSR count). The molecular formula is C15H17N5OS. The zero-order chi connectivity index (χ0) is 15.6. The van der Waals surface area contributed by atoms with E-state index in [2.05, 4.69) is 20.6 Å². The second kappa shape index (κ2) is 5.86. The number of aryl methyl sites for hydroxylation is 1. The molecule has 3 heterocycles. The predicted molar refractivity (Wildman–Crippen MR) is 86.3 cm³/mol. The molecule has 22 heavy (non-hydrogen) atoms. The van der Waals surface area contributed by atoms with Crippen molar-refractivity contribution >= 4 is 17.2 Å². The average Bonchev–Trinajstić information content (AvgIpc) is 3.17. The molecule has 0 aromatic carbocycles. The van der Waals surface area contributed by atoms with Crippen molar-refractivity contribution in [2.45, 2.75) is 19.4 Å². The summed E-state index contributed by atoms with van der Waals surface area (Å²) in [5, 5.41) is 30.0. The van der Waals surface area contributed by atoms with Crippen LogP contribution >= 0.6 is 11.3 Å². The number of rotatable bonds is 5. The minimum absolute atomic E-state index is 0.360. The van der Waals surface area contributed by atoms with Crippen LogP contribution in [0.25, 0.3) is 5.82 Å². The first-order valence-corrected chi connectivity index (χ1v) is 7.84. The van der Waals surface area contributed by atoms with Crippen LogP contribution in [-0.4, -0.2) is 31.6 Å². The summed E-state index contributed by atoms with van der Waals surface area (Å²) in [4.78, 5) is 0. The molecule has 3 aromatic heterocycles. The monoisotopic (exact) mass is 315 g/mol. The van der Waals surface area contributed by atoms with Crippen LogP contribution in [0.15, 0.2) is 41.2 Å². The fourth-order valence-corrected chi connectivity index (χ4v) is 2.80. The predicted octanol–water partition coefficient (Wildman–Crippen LogP) is 2.35. The van der Waals surface area contributed by atoms with Crippen molar-refractivity contribution in [1.29, 1.82) is 0 Å². The third-order valence-corrected chi connectivity index (χ3v) is 4.05. The van der Waals surface area contributed by atoms with E-state index >= 15 is 0 Å². The molecule has 114 valence electrons. The lowest BCUT2D eigenvalue weighted by Gasteiger charge is -2.22. The summed E-state index contributed by atoms with van der Waals surface area (Å²) >= 11 is 1.56. The quantitative estimate of drug-likeness (QED) is 0.756. The second-order valence-corrected chi connectivity index (χ2v) is 6.10. The third-order valence-electron chi connectivity index (χ3n) is 3.36. The Hall–Kier alpha value is -2.25. The molecule has 0 saturated carbocycles. The van der Waals surface area contributed by atoms with Gasteiger partial charge in [-0.3, -0.25) is 0 Å². The van der Waals surface area contributed by atoms with Gasteiger partial charge in [0.05, 0.1) is 5.69 Å². The molecule has 0 spiro atoms. The van der Waals surface area contributed by atoms with E-state index in [1.54, 1.807) is 22.9 Å². The Kier molecular flexibility index (Phi) is 3.91. The Morgan fingerprint density at radius 3 is 2.73 bits per heavy atom. The first-order valence-electron chi connectivity index (χ1n) is 6.90. The molecule has 1 atom stereocenters. The minimum atomic E-state index is -0.945. The van der Waals surface area contributed by atoms with Crippen LogP contribution < -0.4 is 5.32 Å². The van der Waals surface area contributed by atoms with Crippen molar-refractivity contribution < 1.29 is 5.11 Å². The van der Waals surface area contributed by atoms with Gasteiger partial charge in [-0.15, -0.1) is 10.2 Å². The molecule has 0 aliphatic rings. The van der Waals surface area contributed by atoms with E-state index in [0.29, 0.717) is 18.2 Å². The van der Waals surface area contributed by atoms with Gasteiger partial charge in [0.1, 0.15) is 11.4 Å². The maximum absolute atomic E-state index is 10.5. The van der Waals surface area contributed by atoms with E-state index in [1.165, 1.54) is 0 Å². The third kappa shape index (κ3) is 3.15. The van der Waals surface area contributed by atoms with Crippen molar-refractivity contribution in [3.05, 3.63) is 52.5 Å². The molecule has 1 unspecified atom stereocenters. The Labute approximate surface area is 132 Å². The number of hydrogen-bond acceptors (Lipinski definition) is 6. The SMILES string of the molecule is Cc1ccn(-c2ccc(NCC(C)(O)c3ccsc3)nn2)n1. The number of aliphatic hydroxyl groups is 1. The van der Waals surface area contributed by atoms with E-state index in [0.717, 1.165) is 11.3 Å². The molecule has 0 aliphatic carbocycles. The molecule has 3 aromatic rings. The van der Waals surface area contributed by atoms with Gasteiger partial charge < -0.3 is 10.4 Å². The zero-order valence-corrected chi connectivity index (χ0v) is 13.2. The van der Waals surface area contributed by atoms with Crippen molar-refractivity contribution in [3.8, 4) is 5.82 Å². The lowest BCUT2D eigenvalue weighted by molar-refractivity contribution is 0.0719. The Balaban J connectivity index is 1.66. The van der Waals surface area contributed by atoms with Gasteiger partial charge in [0.2, 0.25) is 0 Å². The van der Waals surface area contributed by atoms with Gasteiger partial charge in [0.25, 0.3) is 0 Å². The molecule has 7 heteroatoms. The van der Waals surface area contributed by atoms with E-state index in [9.17, 15) is 5.11 Å². The summed E-state index contributed by atoms with van der Waals surface area (Å²) in [5.74, 6) is 1.27. The summed E-state index contributed by atoms with van der Waals surface area (Å²) in [6, 6.07) is 7.48. The van der Waals surface area contributed by atoms with Crippen LogP contribution in [0, 0.1) is 6.92 Å². The van der Waals surface area contributed by atoms with Gasteiger partial charge in [-0.05, 0) is 54.4 Å². The summed E-state index contributed by atoms with van der Waals surface area (Å²) < 4.78 is 1.67. The Morgan fingerprint density at radius 1 is 1.27 bits per heavy atom. The van der Waals surface area contributed by atoms with Crippen LogP contribution in [0.1, 0.15) is 18.2 Å².